The standard InChI is InChI=1S/C18H20O/c1-14-9-7-8-10-15(14)13-17(19)18(2,3)16-11-5-4-6-12-16/h4-12H,13H2,1-3H3. The van der Waals surface area contributed by atoms with E-state index in [-0.39, 0.29) is 5.78 Å². The molecule has 0 unspecified atom stereocenters. The molecular formula is C18H20O. The summed E-state index contributed by atoms with van der Waals surface area (Å²) >= 11 is 0. The van der Waals surface area contributed by atoms with Crippen LogP contribution < -0.4 is 0 Å². The third kappa shape index (κ3) is 2.93. The predicted octanol–water partition coefficient (Wildman–Crippen LogP) is 4.08. The van der Waals surface area contributed by atoms with Gasteiger partial charge in [0.1, 0.15) is 5.78 Å². The first kappa shape index (κ1) is 13.5. The van der Waals surface area contributed by atoms with Crippen LogP contribution in [0.25, 0.3) is 0 Å². The van der Waals surface area contributed by atoms with Gasteiger partial charge in [-0.1, -0.05) is 54.6 Å². The van der Waals surface area contributed by atoms with Crippen LogP contribution in [0, 0.1) is 6.92 Å². The van der Waals surface area contributed by atoms with Gasteiger partial charge in [-0.05, 0) is 37.5 Å². The van der Waals surface area contributed by atoms with Gasteiger partial charge < -0.3 is 0 Å². The highest BCUT2D eigenvalue weighted by molar-refractivity contribution is 5.91. The van der Waals surface area contributed by atoms with Gasteiger partial charge in [0.05, 0.1) is 0 Å². The van der Waals surface area contributed by atoms with Crippen molar-refractivity contribution in [3.05, 3.63) is 71.3 Å². The fourth-order valence-electron chi connectivity index (χ4n) is 2.22. The van der Waals surface area contributed by atoms with Gasteiger partial charge in [0.2, 0.25) is 0 Å². The van der Waals surface area contributed by atoms with Crippen molar-refractivity contribution in [3.8, 4) is 0 Å². The summed E-state index contributed by atoms with van der Waals surface area (Å²) in [5.41, 5.74) is 2.94. The van der Waals surface area contributed by atoms with Crippen molar-refractivity contribution in [2.75, 3.05) is 0 Å². The molecule has 0 saturated heterocycles. The smallest absolute Gasteiger partial charge is 0.147 e. The number of benzene rings is 2. The highest BCUT2D eigenvalue weighted by Gasteiger charge is 2.29. The normalized spacial score (nSPS) is 11.3. The molecule has 0 bridgehead atoms. The van der Waals surface area contributed by atoms with Crippen molar-refractivity contribution < 1.29 is 4.79 Å². The Hall–Kier alpha value is -1.89. The maximum absolute atomic E-state index is 12.6. The van der Waals surface area contributed by atoms with Gasteiger partial charge in [0.15, 0.2) is 0 Å². The minimum absolute atomic E-state index is 0.257. The van der Waals surface area contributed by atoms with Gasteiger partial charge in [-0.2, -0.15) is 0 Å². The predicted molar refractivity (Wildman–Crippen MR) is 79.4 cm³/mol. The molecule has 0 N–H and O–H groups in total. The molecular weight excluding hydrogens is 232 g/mol. The molecule has 0 amide bonds. The highest BCUT2D eigenvalue weighted by Crippen LogP contribution is 2.26. The monoisotopic (exact) mass is 252 g/mol. The summed E-state index contributed by atoms with van der Waals surface area (Å²) in [6, 6.07) is 18.1. The zero-order chi connectivity index (χ0) is 13.9. The van der Waals surface area contributed by atoms with Crippen LogP contribution in [0.3, 0.4) is 0 Å². The van der Waals surface area contributed by atoms with Gasteiger partial charge >= 0.3 is 0 Å². The summed E-state index contributed by atoms with van der Waals surface area (Å²) < 4.78 is 0. The number of Topliss-reactive ketones (excluding diaryl/α,β-unsaturated/α-hetero) is 1. The van der Waals surface area contributed by atoms with Crippen molar-refractivity contribution in [1.82, 2.24) is 0 Å². The van der Waals surface area contributed by atoms with Gasteiger partial charge in [0, 0.05) is 11.8 Å². The molecule has 0 fully saturated rings. The van der Waals surface area contributed by atoms with Crippen LogP contribution in [-0.4, -0.2) is 5.78 Å². The van der Waals surface area contributed by atoms with E-state index in [1.165, 1.54) is 5.56 Å². The lowest BCUT2D eigenvalue weighted by Crippen LogP contribution is -2.30. The number of rotatable bonds is 4. The van der Waals surface area contributed by atoms with Crippen molar-refractivity contribution in [1.29, 1.82) is 0 Å². The van der Waals surface area contributed by atoms with Gasteiger partial charge in [-0.3, -0.25) is 4.79 Å². The van der Waals surface area contributed by atoms with E-state index in [0.29, 0.717) is 6.42 Å². The second-order valence-corrected chi connectivity index (χ2v) is 5.52. The lowest BCUT2D eigenvalue weighted by molar-refractivity contribution is -0.122. The molecule has 0 aromatic heterocycles. The Morgan fingerprint density at radius 2 is 1.53 bits per heavy atom. The second kappa shape index (κ2) is 5.40. The number of carbonyl (C=O) groups is 1. The molecule has 1 nitrogen and oxygen atoms in total. The van der Waals surface area contributed by atoms with E-state index in [1.807, 2.05) is 62.4 Å². The molecule has 0 saturated carbocycles. The molecule has 0 heterocycles. The number of hydrogen-bond acceptors (Lipinski definition) is 1. The molecule has 19 heavy (non-hydrogen) atoms. The third-order valence-corrected chi connectivity index (χ3v) is 3.80. The SMILES string of the molecule is Cc1ccccc1CC(=O)C(C)(C)c1ccccc1. The molecule has 0 aliphatic carbocycles. The summed E-state index contributed by atoms with van der Waals surface area (Å²) in [6.07, 6.45) is 0.495. The Morgan fingerprint density at radius 3 is 2.16 bits per heavy atom. The zero-order valence-corrected chi connectivity index (χ0v) is 11.8. The van der Waals surface area contributed by atoms with Crippen LogP contribution in [0.4, 0.5) is 0 Å². The molecule has 2 aromatic carbocycles. The molecule has 1 heteroatoms. The summed E-state index contributed by atoms with van der Waals surface area (Å²) in [5, 5.41) is 0. The van der Waals surface area contributed by atoms with Crippen LogP contribution in [0.5, 0.6) is 0 Å². The molecule has 0 atom stereocenters. The van der Waals surface area contributed by atoms with E-state index in [4.69, 9.17) is 0 Å². The Labute approximate surface area is 115 Å². The first-order chi connectivity index (χ1) is 9.01. The average molecular weight is 252 g/mol. The van der Waals surface area contributed by atoms with Gasteiger partial charge in [-0.15, -0.1) is 0 Å². The topological polar surface area (TPSA) is 17.1 Å². The minimum atomic E-state index is -0.441. The van der Waals surface area contributed by atoms with Crippen LogP contribution in [0.1, 0.15) is 30.5 Å². The maximum Gasteiger partial charge on any atom is 0.147 e. The fourth-order valence-corrected chi connectivity index (χ4v) is 2.22. The fraction of sp³-hybridized carbons (Fsp3) is 0.278. The van der Waals surface area contributed by atoms with Crippen molar-refractivity contribution in [2.24, 2.45) is 0 Å². The Balaban J connectivity index is 2.23. The number of carbonyl (C=O) groups excluding carboxylic acids is 1. The van der Waals surface area contributed by atoms with Crippen LogP contribution in [0.2, 0.25) is 0 Å². The number of aryl methyl sites for hydroxylation is 1. The first-order valence-corrected chi connectivity index (χ1v) is 6.65. The van der Waals surface area contributed by atoms with E-state index >= 15 is 0 Å². The van der Waals surface area contributed by atoms with Crippen LogP contribution >= 0.6 is 0 Å². The highest BCUT2D eigenvalue weighted by atomic mass is 16.1. The lowest BCUT2D eigenvalue weighted by Gasteiger charge is -2.24. The van der Waals surface area contributed by atoms with E-state index < -0.39 is 5.41 Å². The molecule has 0 aliphatic heterocycles. The summed E-state index contributed by atoms with van der Waals surface area (Å²) in [6.45, 7) is 6.06. The van der Waals surface area contributed by atoms with E-state index in [2.05, 4.69) is 13.0 Å². The Kier molecular flexibility index (Phi) is 3.84. The molecule has 0 aliphatic rings. The van der Waals surface area contributed by atoms with Crippen LogP contribution in [0.15, 0.2) is 54.6 Å². The first-order valence-electron chi connectivity index (χ1n) is 6.65. The molecule has 0 spiro atoms. The maximum atomic E-state index is 12.6. The van der Waals surface area contributed by atoms with Crippen molar-refractivity contribution in [3.63, 3.8) is 0 Å². The molecule has 2 rings (SSSR count). The van der Waals surface area contributed by atoms with Crippen LogP contribution in [-0.2, 0) is 16.6 Å². The average Bonchev–Trinajstić information content (AvgIpc) is 2.42. The third-order valence-electron chi connectivity index (χ3n) is 3.80. The summed E-state index contributed by atoms with van der Waals surface area (Å²) in [4.78, 5) is 12.6. The van der Waals surface area contributed by atoms with E-state index in [9.17, 15) is 4.79 Å². The van der Waals surface area contributed by atoms with E-state index in [1.54, 1.807) is 0 Å². The Bertz CT molecular complexity index is 567. The largest absolute Gasteiger partial charge is 0.298 e. The minimum Gasteiger partial charge on any atom is -0.298 e. The second-order valence-electron chi connectivity index (χ2n) is 5.52. The number of ketones is 1. The van der Waals surface area contributed by atoms with Gasteiger partial charge in [-0.25, -0.2) is 0 Å². The summed E-state index contributed by atoms with van der Waals surface area (Å²) in [5.74, 6) is 0.257. The van der Waals surface area contributed by atoms with E-state index in [0.717, 1.165) is 11.1 Å². The van der Waals surface area contributed by atoms with Gasteiger partial charge in [0.25, 0.3) is 0 Å². The zero-order valence-electron chi connectivity index (χ0n) is 11.8. The quantitative estimate of drug-likeness (QED) is 0.801. The summed E-state index contributed by atoms with van der Waals surface area (Å²) in [7, 11) is 0. The number of hydrogen-bond donors (Lipinski definition) is 0. The molecule has 2 aromatic rings. The van der Waals surface area contributed by atoms with Crippen molar-refractivity contribution in [2.45, 2.75) is 32.6 Å². The lowest BCUT2D eigenvalue weighted by atomic mass is 9.78. The molecule has 0 radical (unpaired) electrons. The van der Waals surface area contributed by atoms with Crippen molar-refractivity contribution >= 4 is 5.78 Å². The Morgan fingerprint density at radius 1 is 0.947 bits per heavy atom. The molecule has 98 valence electrons.